The molecule has 0 bridgehead atoms. The molecule has 5 heteroatoms. The average Bonchev–Trinajstić information content (AvgIpc) is 2.79. The summed E-state index contributed by atoms with van der Waals surface area (Å²) in [5, 5.41) is 10.4. The van der Waals surface area contributed by atoms with Gasteiger partial charge in [-0.1, -0.05) is 30.3 Å². The van der Waals surface area contributed by atoms with Gasteiger partial charge in [-0.3, -0.25) is 0 Å². The smallest absolute Gasteiger partial charge is 0.157 e. The van der Waals surface area contributed by atoms with Crippen molar-refractivity contribution in [2.45, 2.75) is 43.8 Å². The standard InChI is InChI=1S/C24H29NO4/c1-26-20-9-7-8-19(16-20)17-24(18-25,21-10-3-4-11-22(21)27-2)13-15-29-23-12-5-6-14-28-23/h3-4,7-11,16,23H,5-6,12-15,17H2,1-2H3. The molecule has 0 aromatic heterocycles. The van der Waals surface area contributed by atoms with Gasteiger partial charge in [0.2, 0.25) is 0 Å². The molecule has 2 aromatic carbocycles. The Morgan fingerprint density at radius 2 is 1.97 bits per heavy atom. The van der Waals surface area contributed by atoms with Crippen LogP contribution in [0.3, 0.4) is 0 Å². The van der Waals surface area contributed by atoms with Gasteiger partial charge >= 0.3 is 0 Å². The van der Waals surface area contributed by atoms with Crippen molar-refractivity contribution in [3.63, 3.8) is 0 Å². The monoisotopic (exact) mass is 395 g/mol. The molecule has 0 spiro atoms. The summed E-state index contributed by atoms with van der Waals surface area (Å²) in [6, 6.07) is 18.2. The van der Waals surface area contributed by atoms with Crippen LogP contribution in [0, 0.1) is 11.3 Å². The Hall–Kier alpha value is -2.55. The molecule has 0 amide bonds. The van der Waals surface area contributed by atoms with Crippen molar-refractivity contribution >= 4 is 0 Å². The van der Waals surface area contributed by atoms with Gasteiger partial charge in [0.25, 0.3) is 0 Å². The topological polar surface area (TPSA) is 60.7 Å². The van der Waals surface area contributed by atoms with Crippen molar-refractivity contribution in [1.29, 1.82) is 5.26 Å². The molecule has 0 radical (unpaired) electrons. The Morgan fingerprint density at radius 1 is 1.10 bits per heavy atom. The largest absolute Gasteiger partial charge is 0.497 e. The predicted molar refractivity (Wildman–Crippen MR) is 111 cm³/mol. The summed E-state index contributed by atoms with van der Waals surface area (Å²) in [6.07, 6.45) is 4.01. The molecule has 0 N–H and O–H groups in total. The van der Waals surface area contributed by atoms with Crippen LogP contribution in [0.2, 0.25) is 0 Å². The highest BCUT2D eigenvalue weighted by atomic mass is 16.7. The summed E-state index contributed by atoms with van der Waals surface area (Å²) in [5.41, 5.74) is 1.12. The zero-order valence-corrected chi connectivity index (χ0v) is 17.2. The van der Waals surface area contributed by atoms with Crippen LogP contribution in [-0.4, -0.2) is 33.7 Å². The second kappa shape index (κ2) is 10.3. The summed E-state index contributed by atoms with van der Waals surface area (Å²) < 4.78 is 22.6. The Kier molecular flexibility index (Phi) is 7.51. The second-order valence-electron chi connectivity index (χ2n) is 7.34. The minimum atomic E-state index is -0.784. The molecule has 1 aliphatic rings. The van der Waals surface area contributed by atoms with Crippen molar-refractivity contribution in [2.24, 2.45) is 0 Å². The number of benzene rings is 2. The zero-order chi connectivity index (χ0) is 20.5. The zero-order valence-electron chi connectivity index (χ0n) is 17.2. The van der Waals surface area contributed by atoms with Gasteiger partial charge in [0.05, 0.1) is 32.3 Å². The van der Waals surface area contributed by atoms with Crippen LogP contribution in [0.5, 0.6) is 11.5 Å². The van der Waals surface area contributed by atoms with Crippen molar-refractivity contribution < 1.29 is 18.9 Å². The van der Waals surface area contributed by atoms with E-state index in [0.717, 1.165) is 42.7 Å². The predicted octanol–water partition coefficient (Wildman–Crippen LogP) is 4.64. The lowest BCUT2D eigenvalue weighted by Gasteiger charge is -2.30. The third-order valence-corrected chi connectivity index (χ3v) is 5.45. The minimum Gasteiger partial charge on any atom is -0.497 e. The van der Waals surface area contributed by atoms with Gasteiger partial charge in [0.1, 0.15) is 11.5 Å². The maximum absolute atomic E-state index is 10.4. The number of para-hydroxylation sites is 1. The van der Waals surface area contributed by atoms with Crippen LogP contribution in [-0.2, 0) is 21.3 Å². The van der Waals surface area contributed by atoms with Crippen LogP contribution < -0.4 is 9.47 Å². The first-order valence-corrected chi connectivity index (χ1v) is 10.1. The van der Waals surface area contributed by atoms with Gasteiger partial charge in [0.15, 0.2) is 6.29 Å². The molecule has 0 aliphatic carbocycles. The summed E-state index contributed by atoms with van der Waals surface area (Å²) in [6.45, 7) is 1.19. The first kappa shape index (κ1) is 21.2. The Morgan fingerprint density at radius 3 is 2.69 bits per heavy atom. The van der Waals surface area contributed by atoms with Crippen LogP contribution in [0.25, 0.3) is 0 Å². The molecule has 3 rings (SSSR count). The molecule has 29 heavy (non-hydrogen) atoms. The van der Waals surface area contributed by atoms with E-state index in [0.29, 0.717) is 25.2 Å². The fraction of sp³-hybridized carbons (Fsp3) is 0.458. The van der Waals surface area contributed by atoms with Crippen molar-refractivity contribution in [1.82, 2.24) is 0 Å². The van der Waals surface area contributed by atoms with Gasteiger partial charge in [-0.15, -0.1) is 0 Å². The number of nitrogens with zero attached hydrogens (tertiary/aromatic N) is 1. The minimum absolute atomic E-state index is 0.172. The molecule has 1 aliphatic heterocycles. The highest BCUT2D eigenvalue weighted by Crippen LogP contribution is 2.38. The molecule has 0 saturated carbocycles. The fourth-order valence-corrected chi connectivity index (χ4v) is 3.85. The number of hydrogen-bond acceptors (Lipinski definition) is 5. The van der Waals surface area contributed by atoms with E-state index >= 15 is 0 Å². The lowest BCUT2D eigenvalue weighted by molar-refractivity contribution is -0.164. The van der Waals surface area contributed by atoms with Gasteiger partial charge in [-0.25, -0.2) is 0 Å². The van der Waals surface area contributed by atoms with Crippen LogP contribution >= 0.6 is 0 Å². The first-order chi connectivity index (χ1) is 14.2. The highest BCUT2D eigenvalue weighted by Gasteiger charge is 2.35. The lowest BCUT2D eigenvalue weighted by Crippen LogP contribution is -2.31. The maximum Gasteiger partial charge on any atom is 0.157 e. The van der Waals surface area contributed by atoms with Crippen molar-refractivity contribution in [2.75, 3.05) is 27.4 Å². The molecular weight excluding hydrogens is 366 g/mol. The van der Waals surface area contributed by atoms with Gasteiger partial charge in [0, 0.05) is 12.2 Å². The third-order valence-electron chi connectivity index (χ3n) is 5.45. The van der Waals surface area contributed by atoms with Gasteiger partial charge in [-0.2, -0.15) is 5.26 Å². The quantitative estimate of drug-likeness (QED) is 0.619. The number of ether oxygens (including phenoxy) is 4. The third kappa shape index (κ3) is 5.29. The molecule has 2 unspecified atom stereocenters. The second-order valence-corrected chi connectivity index (χ2v) is 7.34. The number of nitriles is 1. The van der Waals surface area contributed by atoms with E-state index in [-0.39, 0.29) is 6.29 Å². The van der Waals surface area contributed by atoms with Crippen LogP contribution in [0.15, 0.2) is 48.5 Å². The molecule has 1 fully saturated rings. The molecule has 2 atom stereocenters. The molecule has 154 valence electrons. The van der Waals surface area contributed by atoms with E-state index in [1.54, 1.807) is 14.2 Å². The van der Waals surface area contributed by atoms with E-state index in [4.69, 9.17) is 18.9 Å². The highest BCUT2D eigenvalue weighted by molar-refractivity contribution is 5.46. The van der Waals surface area contributed by atoms with E-state index in [1.807, 2.05) is 48.5 Å². The molecule has 5 nitrogen and oxygen atoms in total. The molecule has 1 heterocycles. The Bertz CT molecular complexity index is 826. The average molecular weight is 395 g/mol. The molecule has 2 aromatic rings. The summed E-state index contributed by atoms with van der Waals surface area (Å²) >= 11 is 0. The van der Waals surface area contributed by atoms with E-state index in [1.165, 1.54) is 0 Å². The fourth-order valence-electron chi connectivity index (χ4n) is 3.85. The summed E-state index contributed by atoms with van der Waals surface area (Å²) in [7, 11) is 3.29. The maximum atomic E-state index is 10.4. The lowest BCUT2D eigenvalue weighted by atomic mass is 9.74. The SMILES string of the molecule is COc1cccc(CC(C#N)(CCOC2CCCCO2)c2ccccc2OC)c1. The molecule has 1 saturated heterocycles. The van der Waals surface area contributed by atoms with Gasteiger partial charge in [-0.05, 0) is 55.9 Å². The van der Waals surface area contributed by atoms with Gasteiger partial charge < -0.3 is 18.9 Å². The van der Waals surface area contributed by atoms with E-state index in [2.05, 4.69) is 6.07 Å². The number of methoxy groups -OCH3 is 2. The summed E-state index contributed by atoms with van der Waals surface area (Å²) in [4.78, 5) is 0. The normalized spacial score (nSPS) is 18.4. The summed E-state index contributed by atoms with van der Waals surface area (Å²) in [5.74, 6) is 1.49. The van der Waals surface area contributed by atoms with E-state index < -0.39 is 5.41 Å². The van der Waals surface area contributed by atoms with Crippen molar-refractivity contribution in [3.05, 3.63) is 59.7 Å². The Balaban J connectivity index is 1.87. The van der Waals surface area contributed by atoms with E-state index in [9.17, 15) is 5.26 Å². The van der Waals surface area contributed by atoms with Crippen LogP contribution in [0.1, 0.15) is 36.8 Å². The molecular formula is C24H29NO4. The van der Waals surface area contributed by atoms with Crippen molar-refractivity contribution in [3.8, 4) is 17.6 Å². The first-order valence-electron chi connectivity index (χ1n) is 10.1. The number of hydrogen-bond donors (Lipinski definition) is 0. The Labute approximate surface area is 173 Å². The van der Waals surface area contributed by atoms with Crippen LogP contribution in [0.4, 0.5) is 0 Å². The number of rotatable bonds is 9.